The average Bonchev–Trinajstić information content (AvgIpc) is 2.24. The van der Waals surface area contributed by atoms with E-state index >= 15 is 0 Å². The second kappa shape index (κ2) is 5.69. The zero-order valence-electron chi connectivity index (χ0n) is 10.1. The Bertz CT molecular complexity index is 429. The Hall–Kier alpha value is -0.110. The Morgan fingerprint density at radius 3 is 2.76 bits per heavy atom. The van der Waals surface area contributed by atoms with Gasteiger partial charge in [-0.05, 0) is 43.9 Å². The molecule has 1 aliphatic carbocycles. The highest BCUT2D eigenvalue weighted by Gasteiger charge is 2.32. The van der Waals surface area contributed by atoms with Gasteiger partial charge in [0.05, 0.1) is 6.61 Å². The lowest BCUT2D eigenvalue weighted by molar-refractivity contribution is 0.306. The van der Waals surface area contributed by atoms with Crippen LogP contribution in [0.1, 0.15) is 26.2 Å². The van der Waals surface area contributed by atoms with Crippen LogP contribution in [0.15, 0.2) is 28.7 Å². The first-order valence-electron chi connectivity index (χ1n) is 6.14. The summed E-state index contributed by atoms with van der Waals surface area (Å²) in [6.45, 7) is 2.42. The monoisotopic (exact) mass is 316 g/mol. The second-order valence-electron chi connectivity index (χ2n) is 4.55. The van der Waals surface area contributed by atoms with Crippen LogP contribution in [-0.4, -0.2) is 12.8 Å². The summed E-state index contributed by atoms with van der Waals surface area (Å²) >= 11 is 3.43. The van der Waals surface area contributed by atoms with Crippen molar-refractivity contribution in [1.82, 2.24) is 0 Å². The average molecular weight is 317 g/mol. The minimum atomic E-state index is -2.65. The second-order valence-corrected chi connectivity index (χ2v) is 7.95. The van der Waals surface area contributed by atoms with Gasteiger partial charge >= 0.3 is 0 Å². The molecule has 0 aromatic heterocycles. The third-order valence-corrected chi connectivity index (χ3v) is 6.49. The van der Waals surface area contributed by atoms with Gasteiger partial charge in [0, 0.05) is 15.9 Å². The SMILES string of the molecule is CCOP(=O)(CC1CCC1)c1cccc(Br)c1. The van der Waals surface area contributed by atoms with Crippen molar-refractivity contribution in [3.8, 4) is 0 Å². The molecule has 1 aromatic carbocycles. The summed E-state index contributed by atoms with van der Waals surface area (Å²) in [5.41, 5.74) is 0. The molecule has 4 heteroatoms. The molecule has 2 rings (SSSR count). The first-order chi connectivity index (χ1) is 8.14. The number of rotatable bonds is 5. The lowest BCUT2D eigenvalue weighted by Gasteiger charge is -2.29. The van der Waals surface area contributed by atoms with Gasteiger partial charge in [-0.3, -0.25) is 4.57 Å². The fourth-order valence-electron chi connectivity index (χ4n) is 2.14. The Balaban J connectivity index is 2.22. The highest BCUT2D eigenvalue weighted by atomic mass is 79.9. The first-order valence-corrected chi connectivity index (χ1v) is 8.74. The van der Waals surface area contributed by atoms with Gasteiger partial charge in [0.1, 0.15) is 0 Å². The van der Waals surface area contributed by atoms with E-state index in [1.807, 2.05) is 31.2 Å². The van der Waals surface area contributed by atoms with E-state index in [0.29, 0.717) is 18.7 Å². The maximum atomic E-state index is 12.9. The van der Waals surface area contributed by atoms with Crippen LogP contribution >= 0.6 is 23.3 Å². The van der Waals surface area contributed by atoms with Gasteiger partial charge in [0.2, 0.25) is 7.37 Å². The van der Waals surface area contributed by atoms with E-state index in [1.165, 1.54) is 19.3 Å². The fourth-order valence-corrected chi connectivity index (χ4v) is 5.30. The lowest BCUT2D eigenvalue weighted by Crippen LogP contribution is -2.21. The standard InChI is InChI=1S/C13H18BrO2P/c1-2-16-17(15,10-11-5-3-6-11)13-8-4-7-12(14)9-13/h4,7-9,11H,2-3,5-6,10H2,1H3. The normalized spacial score (nSPS) is 19.6. The molecular weight excluding hydrogens is 299 g/mol. The predicted octanol–water partition coefficient (Wildman–Crippen LogP) is 4.19. The molecule has 0 heterocycles. The van der Waals surface area contributed by atoms with Crippen molar-refractivity contribution in [2.75, 3.05) is 12.8 Å². The summed E-state index contributed by atoms with van der Waals surface area (Å²) in [5.74, 6) is 0.589. The Morgan fingerprint density at radius 2 is 2.24 bits per heavy atom. The molecule has 0 saturated heterocycles. The third-order valence-electron chi connectivity index (χ3n) is 3.26. The summed E-state index contributed by atoms with van der Waals surface area (Å²) in [6.07, 6.45) is 4.38. The molecule has 1 atom stereocenters. The summed E-state index contributed by atoms with van der Waals surface area (Å²) in [5, 5.41) is 0.848. The Kier molecular flexibility index (Phi) is 4.46. The van der Waals surface area contributed by atoms with E-state index in [2.05, 4.69) is 15.9 Å². The summed E-state index contributed by atoms with van der Waals surface area (Å²) in [6, 6.07) is 7.71. The molecule has 94 valence electrons. The minimum absolute atomic E-state index is 0.510. The van der Waals surface area contributed by atoms with Crippen LogP contribution in [0.5, 0.6) is 0 Å². The first kappa shape index (κ1) is 13.3. The Morgan fingerprint density at radius 1 is 1.47 bits per heavy atom. The van der Waals surface area contributed by atoms with Gasteiger partial charge in [-0.15, -0.1) is 0 Å². The lowest BCUT2D eigenvalue weighted by atomic mass is 9.87. The maximum Gasteiger partial charge on any atom is 0.232 e. The highest BCUT2D eigenvalue weighted by molar-refractivity contribution is 9.10. The van der Waals surface area contributed by atoms with Gasteiger partial charge in [0.25, 0.3) is 0 Å². The largest absolute Gasteiger partial charge is 0.326 e. The van der Waals surface area contributed by atoms with E-state index < -0.39 is 7.37 Å². The predicted molar refractivity (Wildman–Crippen MR) is 75.2 cm³/mol. The topological polar surface area (TPSA) is 26.3 Å². The number of benzene rings is 1. The van der Waals surface area contributed by atoms with Gasteiger partial charge in [-0.1, -0.05) is 28.4 Å². The van der Waals surface area contributed by atoms with Crippen LogP contribution in [0.2, 0.25) is 0 Å². The smallest absolute Gasteiger partial charge is 0.232 e. The molecule has 0 radical (unpaired) electrons. The molecule has 1 aliphatic rings. The van der Waals surface area contributed by atoms with Crippen LogP contribution in [0.4, 0.5) is 0 Å². The van der Waals surface area contributed by atoms with Gasteiger partial charge in [-0.25, -0.2) is 0 Å². The minimum Gasteiger partial charge on any atom is -0.326 e. The van der Waals surface area contributed by atoms with Gasteiger partial charge in [0.15, 0.2) is 0 Å². The molecule has 0 spiro atoms. The van der Waals surface area contributed by atoms with Crippen LogP contribution in [0.3, 0.4) is 0 Å². The molecule has 0 aliphatic heterocycles. The van der Waals surface area contributed by atoms with Crippen LogP contribution < -0.4 is 5.30 Å². The third kappa shape index (κ3) is 3.21. The van der Waals surface area contributed by atoms with Crippen molar-refractivity contribution in [1.29, 1.82) is 0 Å². The summed E-state index contributed by atoms with van der Waals surface area (Å²) in [7, 11) is -2.65. The highest BCUT2D eigenvalue weighted by Crippen LogP contribution is 2.50. The summed E-state index contributed by atoms with van der Waals surface area (Å²) in [4.78, 5) is 0. The molecule has 0 N–H and O–H groups in total. The van der Waals surface area contributed by atoms with E-state index in [1.54, 1.807) is 0 Å². The van der Waals surface area contributed by atoms with Crippen molar-refractivity contribution < 1.29 is 9.09 Å². The van der Waals surface area contributed by atoms with E-state index in [-0.39, 0.29) is 0 Å². The van der Waals surface area contributed by atoms with Crippen molar-refractivity contribution in [3.05, 3.63) is 28.7 Å². The van der Waals surface area contributed by atoms with Crippen molar-refractivity contribution in [2.24, 2.45) is 5.92 Å². The van der Waals surface area contributed by atoms with Crippen molar-refractivity contribution in [2.45, 2.75) is 26.2 Å². The number of hydrogen-bond donors (Lipinski definition) is 0. The van der Waals surface area contributed by atoms with Gasteiger partial charge < -0.3 is 4.52 Å². The van der Waals surface area contributed by atoms with Crippen LogP contribution in [-0.2, 0) is 9.09 Å². The molecule has 1 aromatic rings. The van der Waals surface area contributed by atoms with Crippen molar-refractivity contribution >= 4 is 28.6 Å². The quantitative estimate of drug-likeness (QED) is 0.761. The number of hydrogen-bond acceptors (Lipinski definition) is 2. The molecule has 2 nitrogen and oxygen atoms in total. The molecule has 1 fully saturated rings. The molecule has 17 heavy (non-hydrogen) atoms. The van der Waals surface area contributed by atoms with Crippen LogP contribution in [0, 0.1) is 5.92 Å². The maximum absolute atomic E-state index is 12.9. The molecule has 1 unspecified atom stereocenters. The van der Waals surface area contributed by atoms with Crippen molar-refractivity contribution in [3.63, 3.8) is 0 Å². The van der Waals surface area contributed by atoms with Crippen LogP contribution in [0.25, 0.3) is 0 Å². The molecular formula is C13H18BrO2P. The van der Waals surface area contributed by atoms with Gasteiger partial charge in [-0.2, -0.15) is 0 Å². The fraction of sp³-hybridized carbons (Fsp3) is 0.538. The summed E-state index contributed by atoms with van der Waals surface area (Å²) < 4.78 is 19.5. The zero-order chi connectivity index (χ0) is 12.3. The molecule has 0 amide bonds. The van der Waals surface area contributed by atoms with E-state index in [4.69, 9.17) is 4.52 Å². The zero-order valence-corrected chi connectivity index (χ0v) is 12.5. The van der Waals surface area contributed by atoms with E-state index in [9.17, 15) is 4.57 Å². The Labute approximate surface area is 111 Å². The molecule has 1 saturated carbocycles. The molecule has 0 bridgehead atoms. The van der Waals surface area contributed by atoms with E-state index in [0.717, 1.165) is 9.78 Å². The number of halogens is 1.